The summed E-state index contributed by atoms with van der Waals surface area (Å²) in [5, 5.41) is 11.2. The first kappa shape index (κ1) is 15.0. The molecule has 0 bridgehead atoms. The Morgan fingerprint density at radius 1 is 1.52 bits per heavy atom. The maximum atomic E-state index is 11.8. The van der Waals surface area contributed by atoms with Crippen LogP contribution in [0.5, 0.6) is 0 Å². The molecule has 1 aromatic carbocycles. The third-order valence-corrected chi connectivity index (χ3v) is 3.06. The van der Waals surface area contributed by atoms with Crippen molar-refractivity contribution in [3.63, 3.8) is 0 Å². The molecule has 0 saturated carbocycles. The minimum Gasteiger partial charge on any atom is -0.458 e. The van der Waals surface area contributed by atoms with E-state index in [-0.39, 0.29) is 19.0 Å². The van der Waals surface area contributed by atoms with Gasteiger partial charge in [0.05, 0.1) is 5.56 Å². The van der Waals surface area contributed by atoms with Crippen molar-refractivity contribution in [1.29, 1.82) is 0 Å². The van der Waals surface area contributed by atoms with Gasteiger partial charge in [0.2, 0.25) is 0 Å². The second kappa shape index (κ2) is 6.36. The SMILES string of the molecule is Cc1ncc([N+](=O)[O-])n1CCOC(=O)c1cccc(Cl)c1. The zero-order valence-corrected chi connectivity index (χ0v) is 11.9. The molecule has 0 unspecified atom stereocenters. The minimum atomic E-state index is -0.530. The monoisotopic (exact) mass is 309 g/mol. The molecule has 110 valence electrons. The van der Waals surface area contributed by atoms with Gasteiger partial charge < -0.3 is 14.9 Å². The van der Waals surface area contributed by atoms with Crippen molar-refractivity contribution in [2.24, 2.45) is 0 Å². The number of rotatable bonds is 5. The van der Waals surface area contributed by atoms with Crippen molar-refractivity contribution in [3.8, 4) is 0 Å². The third kappa shape index (κ3) is 3.57. The molecule has 1 heterocycles. The highest BCUT2D eigenvalue weighted by Gasteiger charge is 2.17. The molecule has 8 heteroatoms. The molecule has 0 fully saturated rings. The fourth-order valence-electron chi connectivity index (χ4n) is 1.81. The number of imidazole rings is 1. The van der Waals surface area contributed by atoms with Crippen molar-refractivity contribution in [2.75, 3.05) is 6.61 Å². The Bertz CT molecular complexity index is 684. The molecule has 2 rings (SSSR count). The zero-order valence-electron chi connectivity index (χ0n) is 11.2. The van der Waals surface area contributed by atoms with Gasteiger partial charge in [0.1, 0.15) is 19.3 Å². The van der Waals surface area contributed by atoms with Gasteiger partial charge in [0.15, 0.2) is 5.82 Å². The van der Waals surface area contributed by atoms with E-state index in [4.69, 9.17) is 16.3 Å². The molecule has 0 spiro atoms. The standard InChI is InChI=1S/C13H12ClN3O4/c1-9-15-8-12(17(19)20)16(9)5-6-21-13(18)10-3-2-4-11(14)7-10/h2-4,7-8H,5-6H2,1H3. The van der Waals surface area contributed by atoms with Crippen molar-refractivity contribution < 1.29 is 14.5 Å². The van der Waals surface area contributed by atoms with Crippen LogP contribution in [0.2, 0.25) is 5.02 Å². The predicted octanol–water partition coefficient (Wildman–Crippen LogP) is 2.61. The molecular formula is C13H12ClN3O4. The highest BCUT2D eigenvalue weighted by Crippen LogP contribution is 2.14. The molecular weight excluding hydrogens is 298 g/mol. The summed E-state index contributed by atoms with van der Waals surface area (Å²) in [4.78, 5) is 25.9. The van der Waals surface area contributed by atoms with E-state index in [0.29, 0.717) is 16.4 Å². The summed E-state index contributed by atoms with van der Waals surface area (Å²) < 4.78 is 6.46. The Kier molecular flexibility index (Phi) is 4.54. The van der Waals surface area contributed by atoms with Crippen molar-refractivity contribution in [3.05, 3.63) is 57.0 Å². The average Bonchev–Trinajstić information content (AvgIpc) is 2.80. The van der Waals surface area contributed by atoms with E-state index >= 15 is 0 Å². The first-order chi connectivity index (χ1) is 9.99. The van der Waals surface area contributed by atoms with Crippen molar-refractivity contribution in [2.45, 2.75) is 13.5 Å². The van der Waals surface area contributed by atoms with Crippen LogP contribution >= 0.6 is 11.6 Å². The van der Waals surface area contributed by atoms with Crippen LogP contribution in [0.25, 0.3) is 0 Å². The molecule has 0 amide bonds. The summed E-state index contributed by atoms with van der Waals surface area (Å²) in [5.74, 6) is -0.176. The number of hydrogen-bond acceptors (Lipinski definition) is 5. The summed E-state index contributed by atoms with van der Waals surface area (Å²) in [6, 6.07) is 6.37. The van der Waals surface area contributed by atoms with Crippen molar-refractivity contribution in [1.82, 2.24) is 9.55 Å². The number of aryl methyl sites for hydroxylation is 1. The van der Waals surface area contributed by atoms with Gasteiger partial charge >= 0.3 is 11.8 Å². The van der Waals surface area contributed by atoms with Gasteiger partial charge in [-0.2, -0.15) is 0 Å². The lowest BCUT2D eigenvalue weighted by atomic mass is 10.2. The van der Waals surface area contributed by atoms with Crippen molar-refractivity contribution >= 4 is 23.4 Å². The third-order valence-electron chi connectivity index (χ3n) is 2.83. The molecule has 2 aromatic rings. The van der Waals surface area contributed by atoms with Gasteiger partial charge in [-0.05, 0) is 23.1 Å². The van der Waals surface area contributed by atoms with E-state index in [9.17, 15) is 14.9 Å². The number of esters is 1. The normalized spacial score (nSPS) is 10.4. The Hall–Kier alpha value is -2.41. The van der Waals surface area contributed by atoms with Crippen LogP contribution in [0.3, 0.4) is 0 Å². The number of benzene rings is 1. The lowest BCUT2D eigenvalue weighted by Crippen LogP contribution is -2.13. The van der Waals surface area contributed by atoms with Gasteiger partial charge in [0, 0.05) is 11.9 Å². The van der Waals surface area contributed by atoms with E-state index in [1.54, 1.807) is 25.1 Å². The number of aromatic nitrogens is 2. The summed E-state index contributed by atoms with van der Waals surface area (Å²) in [5.41, 5.74) is 0.333. The fraction of sp³-hybridized carbons (Fsp3) is 0.231. The molecule has 0 saturated heterocycles. The van der Waals surface area contributed by atoms with E-state index < -0.39 is 10.9 Å². The molecule has 21 heavy (non-hydrogen) atoms. The van der Waals surface area contributed by atoms with Crippen LogP contribution in [0.1, 0.15) is 16.2 Å². The quantitative estimate of drug-likeness (QED) is 0.481. The first-order valence-corrected chi connectivity index (χ1v) is 6.46. The number of hydrogen-bond donors (Lipinski definition) is 0. The van der Waals surface area contributed by atoms with Gasteiger partial charge in [-0.3, -0.25) is 0 Å². The van der Waals surface area contributed by atoms with Gasteiger partial charge in [-0.15, -0.1) is 0 Å². The molecule has 0 atom stereocenters. The minimum absolute atomic E-state index is 0.00336. The van der Waals surface area contributed by atoms with Crippen LogP contribution in [-0.2, 0) is 11.3 Å². The lowest BCUT2D eigenvalue weighted by Gasteiger charge is -2.05. The second-order valence-corrected chi connectivity index (χ2v) is 4.66. The van der Waals surface area contributed by atoms with Gasteiger partial charge in [-0.25, -0.2) is 14.3 Å². The summed E-state index contributed by atoms with van der Waals surface area (Å²) in [7, 11) is 0. The fourth-order valence-corrected chi connectivity index (χ4v) is 2.00. The maximum Gasteiger partial charge on any atom is 0.342 e. The van der Waals surface area contributed by atoms with Crippen LogP contribution in [0.15, 0.2) is 30.5 Å². The topological polar surface area (TPSA) is 87.3 Å². The number of ether oxygens (including phenoxy) is 1. The Labute approximate surface area is 125 Å². The molecule has 1 aromatic heterocycles. The predicted molar refractivity (Wildman–Crippen MR) is 75.4 cm³/mol. The first-order valence-electron chi connectivity index (χ1n) is 6.08. The van der Waals surface area contributed by atoms with E-state index in [0.717, 1.165) is 0 Å². The Morgan fingerprint density at radius 3 is 2.95 bits per heavy atom. The van der Waals surface area contributed by atoms with Crippen LogP contribution in [0.4, 0.5) is 5.82 Å². The van der Waals surface area contributed by atoms with Crippen LogP contribution < -0.4 is 0 Å². The van der Waals surface area contributed by atoms with Crippen LogP contribution in [0, 0.1) is 17.0 Å². The summed E-state index contributed by atoms with van der Waals surface area (Å²) in [6.07, 6.45) is 1.17. The highest BCUT2D eigenvalue weighted by atomic mass is 35.5. The maximum absolute atomic E-state index is 11.8. The van der Waals surface area contributed by atoms with Crippen LogP contribution in [-0.4, -0.2) is 27.1 Å². The highest BCUT2D eigenvalue weighted by molar-refractivity contribution is 6.30. The number of carbonyl (C=O) groups excluding carboxylic acids is 1. The van der Waals surface area contributed by atoms with E-state index in [1.807, 2.05) is 0 Å². The molecule has 0 aliphatic rings. The van der Waals surface area contributed by atoms with E-state index in [2.05, 4.69) is 4.98 Å². The molecule has 7 nitrogen and oxygen atoms in total. The largest absolute Gasteiger partial charge is 0.458 e. The van der Waals surface area contributed by atoms with E-state index in [1.165, 1.54) is 16.8 Å². The molecule has 0 aliphatic carbocycles. The number of halogens is 1. The average molecular weight is 310 g/mol. The number of nitro groups is 1. The zero-order chi connectivity index (χ0) is 15.4. The second-order valence-electron chi connectivity index (χ2n) is 4.22. The molecule has 0 N–H and O–H groups in total. The summed E-state index contributed by atoms with van der Waals surface area (Å²) in [6.45, 7) is 1.81. The number of nitrogens with zero attached hydrogens (tertiary/aromatic N) is 3. The Balaban J connectivity index is 1.97. The summed E-state index contributed by atoms with van der Waals surface area (Å²) >= 11 is 5.79. The van der Waals surface area contributed by atoms with Gasteiger partial charge in [0.25, 0.3) is 0 Å². The molecule has 0 aliphatic heterocycles. The lowest BCUT2D eigenvalue weighted by molar-refractivity contribution is -0.392. The number of carbonyl (C=O) groups is 1. The molecule has 0 radical (unpaired) electrons. The smallest absolute Gasteiger partial charge is 0.342 e. The Morgan fingerprint density at radius 2 is 2.29 bits per heavy atom. The van der Waals surface area contributed by atoms with Gasteiger partial charge in [-0.1, -0.05) is 17.7 Å².